The highest BCUT2D eigenvalue weighted by Gasteiger charge is 2.26. The molecule has 24 heavy (non-hydrogen) atoms. The van der Waals surface area contributed by atoms with Gasteiger partial charge >= 0.3 is 0 Å². The molecule has 0 spiro atoms. The van der Waals surface area contributed by atoms with Crippen molar-refractivity contribution in [2.45, 2.75) is 38.1 Å². The number of nitrogens with one attached hydrogen (secondary N) is 1. The lowest BCUT2D eigenvalue weighted by molar-refractivity contribution is -0.121. The molecule has 2 aromatic rings. The number of hydrogen-bond acceptors (Lipinski definition) is 4. The van der Waals surface area contributed by atoms with Gasteiger partial charge in [-0.3, -0.25) is 4.79 Å². The number of benzene rings is 1. The van der Waals surface area contributed by atoms with E-state index in [9.17, 15) is 14.3 Å². The molecule has 2 unspecified atom stereocenters. The van der Waals surface area contributed by atoms with E-state index in [1.807, 2.05) is 0 Å². The van der Waals surface area contributed by atoms with Gasteiger partial charge in [0.2, 0.25) is 11.8 Å². The number of carbonyl (C=O) groups excluding carboxylic acids is 1. The second kappa shape index (κ2) is 7.57. The molecule has 1 saturated carbocycles. The number of oxazole rings is 1. The summed E-state index contributed by atoms with van der Waals surface area (Å²) in [6.45, 7) is 0.101. The van der Waals surface area contributed by atoms with E-state index >= 15 is 0 Å². The Labute approximate surface area is 139 Å². The highest BCUT2D eigenvalue weighted by Crippen LogP contribution is 2.24. The summed E-state index contributed by atoms with van der Waals surface area (Å²) in [6.07, 6.45) is 5.58. The molecule has 1 aromatic carbocycles. The van der Waals surface area contributed by atoms with Gasteiger partial charge in [0.25, 0.3) is 0 Å². The first-order valence-corrected chi connectivity index (χ1v) is 8.26. The van der Waals surface area contributed by atoms with Crippen LogP contribution in [0.25, 0.3) is 11.5 Å². The molecule has 1 amide bonds. The summed E-state index contributed by atoms with van der Waals surface area (Å²) in [4.78, 5) is 16.5. The van der Waals surface area contributed by atoms with Crippen LogP contribution in [0.5, 0.6) is 0 Å². The zero-order valence-corrected chi connectivity index (χ0v) is 13.4. The first kappa shape index (κ1) is 16.6. The number of rotatable bonds is 5. The van der Waals surface area contributed by atoms with Crippen LogP contribution in [0.2, 0.25) is 0 Å². The van der Waals surface area contributed by atoms with Crippen LogP contribution in [0.15, 0.2) is 34.9 Å². The molecular formula is C18H21FN2O3. The smallest absolute Gasteiger partial charge is 0.226 e. The number of amides is 1. The lowest BCUT2D eigenvalue weighted by atomic mass is 9.85. The zero-order chi connectivity index (χ0) is 16.9. The van der Waals surface area contributed by atoms with Crippen LogP contribution in [0, 0.1) is 11.7 Å². The van der Waals surface area contributed by atoms with Crippen molar-refractivity contribution in [3.05, 3.63) is 42.0 Å². The Kier molecular flexibility index (Phi) is 5.25. The fraction of sp³-hybridized carbons (Fsp3) is 0.444. The third kappa shape index (κ3) is 4.00. The number of aromatic nitrogens is 1. The Morgan fingerprint density at radius 2 is 2.04 bits per heavy atom. The predicted octanol–water partition coefficient (Wildman–Crippen LogP) is 2.69. The van der Waals surface area contributed by atoms with Crippen molar-refractivity contribution in [2.24, 2.45) is 5.92 Å². The van der Waals surface area contributed by atoms with E-state index in [-0.39, 0.29) is 36.7 Å². The summed E-state index contributed by atoms with van der Waals surface area (Å²) in [5.74, 6) is 0.0496. The van der Waals surface area contributed by atoms with Crippen molar-refractivity contribution in [3.8, 4) is 11.5 Å². The van der Waals surface area contributed by atoms with Gasteiger partial charge in [0.15, 0.2) is 0 Å². The third-order valence-electron chi connectivity index (χ3n) is 4.47. The van der Waals surface area contributed by atoms with Gasteiger partial charge in [-0.2, -0.15) is 0 Å². The van der Waals surface area contributed by atoms with Gasteiger partial charge in [0.05, 0.1) is 12.1 Å². The molecule has 1 aromatic heterocycles. The second-order valence-corrected chi connectivity index (χ2v) is 6.23. The molecule has 5 nitrogen and oxygen atoms in total. The standard InChI is InChI=1S/C18H21FN2O3/c19-14-7-5-12(6-8-14)18-20-15(11-24-18)9-17(23)21-16-4-2-1-3-13(16)10-22/h5-8,11,13,16,22H,1-4,9-10H2,(H,21,23). The molecule has 2 atom stereocenters. The van der Waals surface area contributed by atoms with E-state index in [0.717, 1.165) is 25.7 Å². The SMILES string of the molecule is O=C(Cc1coc(-c2ccc(F)cc2)n1)NC1CCCCC1CO. The molecule has 2 N–H and O–H groups in total. The number of hydrogen-bond donors (Lipinski definition) is 2. The Morgan fingerprint density at radius 1 is 1.29 bits per heavy atom. The second-order valence-electron chi connectivity index (χ2n) is 6.23. The van der Waals surface area contributed by atoms with Gasteiger partial charge in [-0.1, -0.05) is 12.8 Å². The van der Waals surface area contributed by atoms with Crippen molar-refractivity contribution in [3.63, 3.8) is 0 Å². The molecule has 1 aliphatic carbocycles. The fourth-order valence-electron chi connectivity index (χ4n) is 3.15. The van der Waals surface area contributed by atoms with E-state index in [1.54, 1.807) is 12.1 Å². The van der Waals surface area contributed by atoms with Crippen molar-refractivity contribution in [1.29, 1.82) is 0 Å². The predicted molar refractivity (Wildman–Crippen MR) is 86.6 cm³/mol. The summed E-state index contributed by atoms with van der Waals surface area (Å²) < 4.78 is 18.3. The van der Waals surface area contributed by atoms with Gasteiger partial charge in [-0.15, -0.1) is 0 Å². The molecule has 3 rings (SSSR count). The maximum Gasteiger partial charge on any atom is 0.226 e. The average Bonchev–Trinajstić information content (AvgIpc) is 3.04. The maximum atomic E-state index is 12.9. The quantitative estimate of drug-likeness (QED) is 0.883. The van der Waals surface area contributed by atoms with Crippen LogP contribution in [0.1, 0.15) is 31.4 Å². The summed E-state index contributed by atoms with van der Waals surface area (Å²) in [6, 6.07) is 5.87. The molecule has 0 bridgehead atoms. The Bertz CT molecular complexity index is 684. The molecule has 1 fully saturated rings. The van der Waals surface area contributed by atoms with E-state index < -0.39 is 0 Å². The highest BCUT2D eigenvalue weighted by atomic mass is 19.1. The van der Waals surface area contributed by atoms with Crippen molar-refractivity contribution in [1.82, 2.24) is 10.3 Å². The topological polar surface area (TPSA) is 75.4 Å². The van der Waals surface area contributed by atoms with Crippen LogP contribution in [-0.2, 0) is 11.2 Å². The minimum Gasteiger partial charge on any atom is -0.444 e. The molecule has 1 aliphatic rings. The molecule has 0 aliphatic heterocycles. The molecule has 6 heteroatoms. The Balaban J connectivity index is 1.59. The zero-order valence-electron chi connectivity index (χ0n) is 13.4. The first-order chi connectivity index (χ1) is 11.7. The molecule has 128 valence electrons. The van der Waals surface area contributed by atoms with Gasteiger partial charge < -0.3 is 14.8 Å². The minimum absolute atomic E-state index is 0.0275. The Hall–Kier alpha value is -2.21. The third-order valence-corrected chi connectivity index (χ3v) is 4.47. The number of carbonyl (C=O) groups is 1. The van der Waals surface area contributed by atoms with Gasteiger partial charge in [0.1, 0.15) is 12.1 Å². The number of aliphatic hydroxyl groups is 1. The van der Waals surface area contributed by atoms with Crippen LogP contribution in [0.4, 0.5) is 4.39 Å². The highest BCUT2D eigenvalue weighted by molar-refractivity contribution is 5.78. The van der Waals surface area contributed by atoms with Crippen LogP contribution in [0.3, 0.4) is 0 Å². The maximum absolute atomic E-state index is 12.9. The minimum atomic E-state index is -0.323. The van der Waals surface area contributed by atoms with Crippen LogP contribution >= 0.6 is 0 Å². The first-order valence-electron chi connectivity index (χ1n) is 8.26. The lowest BCUT2D eigenvalue weighted by Gasteiger charge is -2.30. The van der Waals surface area contributed by atoms with Crippen molar-refractivity contribution >= 4 is 5.91 Å². The molecule has 0 saturated heterocycles. The van der Waals surface area contributed by atoms with Gasteiger partial charge in [0, 0.05) is 24.1 Å². The number of aliphatic hydroxyl groups excluding tert-OH is 1. The molecular weight excluding hydrogens is 311 g/mol. The largest absolute Gasteiger partial charge is 0.444 e. The molecule has 0 radical (unpaired) electrons. The average molecular weight is 332 g/mol. The fourth-order valence-corrected chi connectivity index (χ4v) is 3.15. The van der Waals surface area contributed by atoms with E-state index in [0.29, 0.717) is 17.1 Å². The monoisotopic (exact) mass is 332 g/mol. The van der Waals surface area contributed by atoms with Crippen LogP contribution in [-0.4, -0.2) is 28.6 Å². The van der Waals surface area contributed by atoms with Crippen molar-refractivity contribution < 1.29 is 18.7 Å². The van der Waals surface area contributed by atoms with Crippen molar-refractivity contribution in [2.75, 3.05) is 6.61 Å². The normalized spacial score (nSPS) is 20.8. The molecule has 1 heterocycles. The van der Waals surface area contributed by atoms with Gasteiger partial charge in [-0.25, -0.2) is 9.37 Å². The summed E-state index contributed by atoms with van der Waals surface area (Å²) >= 11 is 0. The summed E-state index contributed by atoms with van der Waals surface area (Å²) in [7, 11) is 0. The Morgan fingerprint density at radius 3 is 2.79 bits per heavy atom. The summed E-state index contributed by atoms with van der Waals surface area (Å²) in [5.41, 5.74) is 1.19. The van der Waals surface area contributed by atoms with Gasteiger partial charge in [-0.05, 0) is 37.1 Å². The number of nitrogens with zero attached hydrogens (tertiary/aromatic N) is 1. The van der Waals surface area contributed by atoms with E-state index in [1.165, 1.54) is 18.4 Å². The van der Waals surface area contributed by atoms with E-state index in [2.05, 4.69) is 10.3 Å². The van der Waals surface area contributed by atoms with Crippen LogP contribution < -0.4 is 5.32 Å². The summed E-state index contributed by atoms with van der Waals surface area (Å²) in [5, 5.41) is 12.4. The lowest BCUT2D eigenvalue weighted by Crippen LogP contribution is -2.44. The van der Waals surface area contributed by atoms with E-state index in [4.69, 9.17) is 4.42 Å². The number of halogens is 1.